The molecule has 2 aliphatic heterocycles. The summed E-state index contributed by atoms with van der Waals surface area (Å²) in [6, 6.07) is 14.4. The van der Waals surface area contributed by atoms with Crippen molar-refractivity contribution in [2.24, 2.45) is 0 Å². The molecule has 1 amide bonds. The molecule has 0 bridgehead atoms. The summed E-state index contributed by atoms with van der Waals surface area (Å²) < 4.78 is 10.8. The van der Waals surface area contributed by atoms with Crippen LogP contribution in [0.1, 0.15) is 17.2 Å². The maximum Gasteiger partial charge on any atom is 0.327 e. The molecular formula is C23H23ClN2O4. The Hall–Kier alpha value is -2.83. The maximum atomic E-state index is 13.0. The second kappa shape index (κ2) is 8.90. The van der Waals surface area contributed by atoms with Gasteiger partial charge in [-0.05, 0) is 23.8 Å². The smallest absolute Gasteiger partial charge is 0.327 e. The number of nitrogens with zero attached hydrogens (tertiary/aromatic N) is 2. The predicted octanol–water partition coefficient (Wildman–Crippen LogP) is 3.17. The number of benzene rings is 2. The van der Waals surface area contributed by atoms with Gasteiger partial charge in [-0.1, -0.05) is 48.0 Å². The summed E-state index contributed by atoms with van der Waals surface area (Å²) in [5.41, 5.74) is 2.26. The van der Waals surface area contributed by atoms with Crippen molar-refractivity contribution in [3.05, 3.63) is 70.3 Å². The van der Waals surface area contributed by atoms with Crippen molar-refractivity contribution in [2.75, 3.05) is 39.9 Å². The van der Waals surface area contributed by atoms with Gasteiger partial charge in [0.25, 0.3) is 5.91 Å². The quantitative estimate of drug-likeness (QED) is 0.703. The van der Waals surface area contributed by atoms with E-state index in [-0.39, 0.29) is 18.5 Å². The van der Waals surface area contributed by atoms with Crippen LogP contribution in [0.15, 0.2) is 54.1 Å². The molecule has 1 unspecified atom stereocenters. The first-order valence-electron chi connectivity index (χ1n) is 9.86. The van der Waals surface area contributed by atoms with Gasteiger partial charge in [-0.3, -0.25) is 9.69 Å². The Balaban J connectivity index is 1.46. The van der Waals surface area contributed by atoms with Crippen LogP contribution in [0, 0.1) is 0 Å². The standard InChI is InChI=1S/C23H23ClN2O4/c1-29-23(28)21(18-7-3-4-8-19(18)24)25-10-12-26(13-11-25)22(27)17-14-16-6-2-5-9-20(16)30-15-17/h2-9,14,21H,10-13,15H2,1H3. The fraction of sp³-hybridized carbons (Fsp3) is 0.304. The van der Waals surface area contributed by atoms with Gasteiger partial charge < -0.3 is 14.4 Å². The monoisotopic (exact) mass is 426 g/mol. The van der Waals surface area contributed by atoms with Gasteiger partial charge in [0.15, 0.2) is 0 Å². The molecule has 0 spiro atoms. The van der Waals surface area contributed by atoms with E-state index >= 15 is 0 Å². The summed E-state index contributed by atoms with van der Waals surface area (Å²) in [5.74, 6) is 0.402. The first-order chi connectivity index (χ1) is 14.6. The zero-order valence-electron chi connectivity index (χ0n) is 16.7. The van der Waals surface area contributed by atoms with E-state index in [1.54, 1.807) is 11.0 Å². The van der Waals surface area contributed by atoms with Crippen LogP contribution in [-0.4, -0.2) is 61.6 Å². The maximum absolute atomic E-state index is 13.0. The molecule has 2 aromatic carbocycles. The number of carbonyl (C=O) groups is 2. The number of carbonyl (C=O) groups excluding carboxylic acids is 2. The van der Waals surface area contributed by atoms with Crippen LogP contribution in [0.3, 0.4) is 0 Å². The molecule has 0 saturated carbocycles. The molecule has 0 aliphatic carbocycles. The van der Waals surface area contributed by atoms with E-state index in [9.17, 15) is 9.59 Å². The highest BCUT2D eigenvalue weighted by molar-refractivity contribution is 6.31. The van der Waals surface area contributed by atoms with Crippen molar-refractivity contribution in [3.63, 3.8) is 0 Å². The van der Waals surface area contributed by atoms with Crippen LogP contribution < -0.4 is 4.74 Å². The Morgan fingerprint density at radius 3 is 2.47 bits per heavy atom. The second-order valence-electron chi connectivity index (χ2n) is 7.27. The molecule has 1 atom stereocenters. The van der Waals surface area contributed by atoms with Crippen molar-refractivity contribution in [1.29, 1.82) is 0 Å². The third kappa shape index (κ3) is 4.06. The van der Waals surface area contributed by atoms with E-state index in [2.05, 4.69) is 0 Å². The zero-order chi connectivity index (χ0) is 21.1. The summed E-state index contributed by atoms with van der Waals surface area (Å²) in [4.78, 5) is 29.3. The van der Waals surface area contributed by atoms with Crippen LogP contribution in [0.5, 0.6) is 5.75 Å². The van der Waals surface area contributed by atoms with E-state index < -0.39 is 6.04 Å². The highest BCUT2D eigenvalue weighted by Gasteiger charge is 2.34. The highest BCUT2D eigenvalue weighted by atomic mass is 35.5. The molecule has 2 aromatic rings. The fourth-order valence-electron chi connectivity index (χ4n) is 3.91. The molecule has 0 N–H and O–H groups in total. The molecule has 156 valence electrons. The fourth-order valence-corrected chi connectivity index (χ4v) is 4.15. The Labute approximate surface area is 180 Å². The van der Waals surface area contributed by atoms with Gasteiger partial charge in [-0.15, -0.1) is 0 Å². The van der Waals surface area contributed by atoms with Crippen LogP contribution in [0.4, 0.5) is 0 Å². The Bertz CT molecular complexity index is 983. The van der Waals surface area contributed by atoms with Crippen molar-refractivity contribution < 1.29 is 19.1 Å². The molecule has 0 radical (unpaired) electrons. The van der Waals surface area contributed by atoms with E-state index in [0.717, 1.165) is 11.3 Å². The first kappa shape index (κ1) is 20.4. The topological polar surface area (TPSA) is 59.1 Å². The van der Waals surface area contributed by atoms with E-state index in [4.69, 9.17) is 21.1 Å². The molecule has 0 aromatic heterocycles. The molecule has 1 saturated heterocycles. The van der Waals surface area contributed by atoms with Gasteiger partial charge in [0.1, 0.15) is 18.4 Å². The number of para-hydroxylation sites is 1. The number of rotatable bonds is 4. The lowest BCUT2D eigenvalue weighted by molar-refractivity contribution is -0.148. The van der Waals surface area contributed by atoms with Gasteiger partial charge in [-0.25, -0.2) is 4.79 Å². The largest absolute Gasteiger partial charge is 0.488 e. The molecule has 7 heteroatoms. The second-order valence-corrected chi connectivity index (χ2v) is 7.68. The van der Waals surface area contributed by atoms with Crippen LogP contribution in [0.2, 0.25) is 5.02 Å². The minimum atomic E-state index is -0.593. The summed E-state index contributed by atoms with van der Waals surface area (Å²) in [7, 11) is 1.37. The van der Waals surface area contributed by atoms with Gasteiger partial charge in [0.05, 0.1) is 12.7 Å². The lowest BCUT2D eigenvalue weighted by Crippen LogP contribution is -2.51. The van der Waals surface area contributed by atoms with Crippen molar-refractivity contribution in [3.8, 4) is 5.75 Å². The zero-order valence-corrected chi connectivity index (χ0v) is 17.5. The van der Waals surface area contributed by atoms with Crippen LogP contribution in [-0.2, 0) is 14.3 Å². The number of ether oxygens (including phenoxy) is 2. The lowest BCUT2D eigenvalue weighted by atomic mass is 10.0. The van der Waals surface area contributed by atoms with Crippen LogP contribution in [0.25, 0.3) is 6.08 Å². The van der Waals surface area contributed by atoms with Crippen LogP contribution >= 0.6 is 11.6 Å². The minimum absolute atomic E-state index is 0.0310. The molecule has 4 rings (SSSR count). The minimum Gasteiger partial charge on any atom is -0.488 e. The number of hydrogen-bond acceptors (Lipinski definition) is 5. The number of fused-ring (bicyclic) bond motifs is 1. The van der Waals surface area contributed by atoms with Gasteiger partial charge in [0.2, 0.25) is 0 Å². The number of amides is 1. The number of methoxy groups -OCH3 is 1. The number of halogens is 1. The molecule has 1 fully saturated rings. The van der Waals surface area contributed by atoms with Crippen molar-refractivity contribution in [2.45, 2.75) is 6.04 Å². The molecule has 30 heavy (non-hydrogen) atoms. The normalized spacial score (nSPS) is 17.4. The Morgan fingerprint density at radius 1 is 1.03 bits per heavy atom. The van der Waals surface area contributed by atoms with E-state index in [0.29, 0.717) is 42.3 Å². The average Bonchev–Trinajstić information content (AvgIpc) is 2.80. The summed E-state index contributed by atoms with van der Waals surface area (Å²) >= 11 is 6.34. The van der Waals surface area contributed by atoms with Gasteiger partial charge in [-0.2, -0.15) is 0 Å². The van der Waals surface area contributed by atoms with Gasteiger partial charge >= 0.3 is 5.97 Å². The number of hydrogen-bond donors (Lipinski definition) is 0. The summed E-state index contributed by atoms with van der Waals surface area (Å²) in [6.07, 6.45) is 1.90. The predicted molar refractivity (Wildman–Crippen MR) is 114 cm³/mol. The SMILES string of the molecule is COC(=O)C(c1ccccc1Cl)N1CCN(C(=O)C2=Cc3ccccc3OC2)CC1. The third-order valence-electron chi connectivity index (χ3n) is 5.50. The van der Waals surface area contributed by atoms with Crippen molar-refractivity contribution >= 4 is 29.6 Å². The molecule has 2 heterocycles. The molecule has 2 aliphatic rings. The Kier molecular flexibility index (Phi) is 6.06. The molecule has 6 nitrogen and oxygen atoms in total. The Morgan fingerprint density at radius 2 is 1.73 bits per heavy atom. The van der Waals surface area contributed by atoms with E-state index in [1.807, 2.05) is 53.4 Å². The van der Waals surface area contributed by atoms with E-state index in [1.165, 1.54) is 7.11 Å². The summed E-state index contributed by atoms with van der Waals surface area (Å²) in [6.45, 7) is 2.37. The van der Waals surface area contributed by atoms with Crippen molar-refractivity contribution in [1.82, 2.24) is 9.80 Å². The third-order valence-corrected chi connectivity index (χ3v) is 5.84. The highest BCUT2D eigenvalue weighted by Crippen LogP contribution is 2.30. The molecular weight excluding hydrogens is 404 g/mol. The average molecular weight is 427 g/mol. The van der Waals surface area contributed by atoms with Gasteiger partial charge in [0, 0.05) is 36.8 Å². The number of piperazine rings is 1. The lowest BCUT2D eigenvalue weighted by Gasteiger charge is -2.38. The first-order valence-corrected chi connectivity index (χ1v) is 10.2. The summed E-state index contributed by atoms with van der Waals surface area (Å²) in [5, 5.41) is 0.523. The number of esters is 1.